The molecular formula is C14H17N5O. The molecule has 0 radical (unpaired) electrons. The van der Waals surface area contributed by atoms with Crippen LogP contribution in [0.4, 0.5) is 0 Å². The Hall–Kier alpha value is -2.24. The topological polar surface area (TPSA) is 74.8 Å². The molecule has 0 spiro atoms. The second kappa shape index (κ2) is 5.03. The van der Waals surface area contributed by atoms with E-state index in [0.29, 0.717) is 12.2 Å². The minimum atomic E-state index is -0.0525. The van der Waals surface area contributed by atoms with Gasteiger partial charge in [0.25, 0.3) is 5.91 Å². The van der Waals surface area contributed by atoms with Gasteiger partial charge in [0, 0.05) is 37.1 Å². The smallest absolute Gasteiger partial charge is 0.274 e. The summed E-state index contributed by atoms with van der Waals surface area (Å²) >= 11 is 0. The van der Waals surface area contributed by atoms with E-state index in [-0.39, 0.29) is 11.8 Å². The number of imidazole rings is 1. The molecule has 3 heterocycles. The first-order chi connectivity index (χ1) is 9.63. The van der Waals surface area contributed by atoms with Crippen LogP contribution < -0.4 is 0 Å². The number of H-pyrrole nitrogens is 1. The first-order valence-electron chi connectivity index (χ1n) is 6.73. The molecule has 1 amide bonds. The van der Waals surface area contributed by atoms with E-state index in [9.17, 15) is 4.79 Å². The molecule has 1 aliphatic rings. The van der Waals surface area contributed by atoms with Gasteiger partial charge in [-0.2, -0.15) is 0 Å². The Labute approximate surface area is 117 Å². The molecule has 0 aliphatic carbocycles. The molecule has 2 aromatic heterocycles. The van der Waals surface area contributed by atoms with Crippen LogP contribution in [-0.2, 0) is 0 Å². The molecule has 1 atom stereocenters. The van der Waals surface area contributed by atoms with Crippen LogP contribution in [0.15, 0.2) is 18.6 Å². The Balaban J connectivity index is 1.70. The molecular weight excluding hydrogens is 254 g/mol. The molecule has 0 saturated carbocycles. The molecule has 1 fully saturated rings. The number of aromatic nitrogens is 4. The average molecular weight is 271 g/mol. The molecule has 1 aliphatic heterocycles. The first-order valence-corrected chi connectivity index (χ1v) is 6.73. The minimum Gasteiger partial charge on any atom is -0.346 e. The van der Waals surface area contributed by atoms with E-state index < -0.39 is 0 Å². The summed E-state index contributed by atoms with van der Waals surface area (Å²) in [7, 11) is 0. The molecule has 3 rings (SSSR count). The van der Waals surface area contributed by atoms with Crippen molar-refractivity contribution in [3.05, 3.63) is 41.5 Å². The van der Waals surface area contributed by atoms with Crippen LogP contribution in [0, 0.1) is 13.8 Å². The lowest BCUT2D eigenvalue weighted by molar-refractivity contribution is 0.0784. The summed E-state index contributed by atoms with van der Waals surface area (Å²) in [5.41, 5.74) is 2.27. The van der Waals surface area contributed by atoms with Crippen LogP contribution in [0.5, 0.6) is 0 Å². The molecule has 1 N–H and O–H groups in total. The van der Waals surface area contributed by atoms with E-state index in [0.717, 1.165) is 30.2 Å². The number of aryl methyl sites for hydroxylation is 2. The van der Waals surface area contributed by atoms with E-state index in [1.165, 1.54) is 0 Å². The van der Waals surface area contributed by atoms with Crippen molar-refractivity contribution in [2.24, 2.45) is 0 Å². The highest BCUT2D eigenvalue weighted by molar-refractivity contribution is 5.92. The highest BCUT2D eigenvalue weighted by Crippen LogP contribution is 2.25. The standard InChI is InChI=1S/C14H17N5O/c1-9-5-16-12(7-15-9)14(20)19-4-3-11(8-19)13-17-6-10(2)18-13/h5-7,11H,3-4,8H2,1-2H3,(H,17,18). The van der Waals surface area contributed by atoms with Gasteiger partial charge in [-0.25, -0.2) is 9.97 Å². The fourth-order valence-corrected chi connectivity index (χ4v) is 2.47. The van der Waals surface area contributed by atoms with Crippen molar-refractivity contribution in [2.45, 2.75) is 26.2 Å². The van der Waals surface area contributed by atoms with E-state index in [1.807, 2.05) is 24.9 Å². The van der Waals surface area contributed by atoms with Crippen LogP contribution in [0.2, 0.25) is 0 Å². The van der Waals surface area contributed by atoms with Crippen molar-refractivity contribution in [1.82, 2.24) is 24.8 Å². The van der Waals surface area contributed by atoms with E-state index in [4.69, 9.17) is 0 Å². The van der Waals surface area contributed by atoms with Gasteiger partial charge in [-0.05, 0) is 20.3 Å². The number of hydrogen-bond donors (Lipinski definition) is 1. The molecule has 6 nitrogen and oxygen atoms in total. The molecule has 0 bridgehead atoms. The number of carbonyl (C=O) groups excluding carboxylic acids is 1. The number of rotatable bonds is 2. The summed E-state index contributed by atoms with van der Waals surface area (Å²) in [4.78, 5) is 30.0. The predicted octanol–water partition coefficient (Wildman–Crippen LogP) is 1.45. The molecule has 1 unspecified atom stereocenters. The maximum absolute atomic E-state index is 12.3. The number of nitrogens with zero attached hydrogens (tertiary/aromatic N) is 4. The van der Waals surface area contributed by atoms with E-state index >= 15 is 0 Å². The number of aromatic amines is 1. The molecule has 104 valence electrons. The monoisotopic (exact) mass is 271 g/mol. The molecule has 1 saturated heterocycles. The van der Waals surface area contributed by atoms with Gasteiger partial charge in [0.05, 0.1) is 11.9 Å². The second-order valence-corrected chi connectivity index (χ2v) is 5.23. The Morgan fingerprint density at radius 1 is 1.25 bits per heavy atom. The first kappa shape index (κ1) is 12.8. The quantitative estimate of drug-likeness (QED) is 0.897. The average Bonchev–Trinajstić information content (AvgIpc) is 3.07. The second-order valence-electron chi connectivity index (χ2n) is 5.23. The number of amides is 1. The van der Waals surface area contributed by atoms with Crippen LogP contribution in [-0.4, -0.2) is 43.8 Å². The third-order valence-electron chi connectivity index (χ3n) is 3.58. The Kier molecular flexibility index (Phi) is 3.22. The van der Waals surface area contributed by atoms with Crippen LogP contribution >= 0.6 is 0 Å². The van der Waals surface area contributed by atoms with Crippen molar-refractivity contribution in [3.63, 3.8) is 0 Å². The molecule has 0 aromatic carbocycles. The van der Waals surface area contributed by atoms with Crippen LogP contribution in [0.3, 0.4) is 0 Å². The zero-order valence-corrected chi connectivity index (χ0v) is 11.6. The lowest BCUT2D eigenvalue weighted by Crippen LogP contribution is -2.29. The summed E-state index contributed by atoms with van der Waals surface area (Å²) in [6.45, 7) is 5.25. The maximum Gasteiger partial charge on any atom is 0.274 e. The fourth-order valence-electron chi connectivity index (χ4n) is 2.47. The van der Waals surface area contributed by atoms with E-state index in [2.05, 4.69) is 19.9 Å². The molecule has 20 heavy (non-hydrogen) atoms. The Morgan fingerprint density at radius 2 is 2.10 bits per heavy atom. The number of nitrogens with one attached hydrogen (secondary N) is 1. The summed E-state index contributed by atoms with van der Waals surface area (Å²) in [6.07, 6.45) is 5.92. The highest BCUT2D eigenvalue weighted by Gasteiger charge is 2.30. The van der Waals surface area contributed by atoms with Gasteiger partial charge in [0.1, 0.15) is 11.5 Å². The molecule has 6 heteroatoms. The van der Waals surface area contributed by atoms with Gasteiger partial charge in [0.15, 0.2) is 0 Å². The van der Waals surface area contributed by atoms with Crippen molar-refractivity contribution < 1.29 is 4.79 Å². The predicted molar refractivity (Wildman–Crippen MR) is 73.4 cm³/mol. The highest BCUT2D eigenvalue weighted by atomic mass is 16.2. The Bertz CT molecular complexity index is 619. The van der Waals surface area contributed by atoms with Gasteiger partial charge in [-0.15, -0.1) is 0 Å². The zero-order chi connectivity index (χ0) is 14.1. The van der Waals surface area contributed by atoms with Crippen molar-refractivity contribution in [2.75, 3.05) is 13.1 Å². The normalized spacial score (nSPS) is 18.5. The summed E-state index contributed by atoms with van der Waals surface area (Å²) in [5.74, 6) is 1.20. The van der Waals surface area contributed by atoms with Gasteiger partial charge in [-0.3, -0.25) is 9.78 Å². The summed E-state index contributed by atoms with van der Waals surface area (Å²) in [6, 6.07) is 0. The van der Waals surface area contributed by atoms with Gasteiger partial charge in [-0.1, -0.05) is 0 Å². The van der Waals surface area contributed by atoms with Crippen LogP contribution in [0.25, 0.3) is 0 Å². The fraction of sp³-hybridized carbons (Fsp3) is 0.429. The lowest BCUT2D eigenvalue weighted by atomic mass is 10.1. The largest absolute Gasteiger partial charge is 0.346 e. The minimum absolute atomic E-state index is 0.0525. The Morgan fingerprint density at radius 3 is 2.75 bits per heavy atom. The SMILES string of the molecule is Cc1cnc(C(=O)N2CCC(c3ncc(C)[nH]3)C2)cn1. The summed E-state index contributed by atoms with van der Waals surface area (Å²) in [5, 5.41) is 0. The number of hydrogen-bond acceptors (Lipinski definition) is 4. The van der Waals surface area contributed by atoms with Crippen molar-refractivity contribution >= 4 is 5.91 Å². The number of carbonyl (C=O) groups is 1. The third kappa shape index (κ3) is 2.41. The van der Waals surface area contributed by atoms with Crippen LogP contribution in [0.1, 0.15) is 40.0 Å². The van der Waals surface area contributed by atoms with Gasteiger partial charge >= 0.3 is 0 Å². The van der Waals surface area contributed by atoms with E-state index in [1.54, 1.807) is 12.4 Å². The summed E-state index contributed by atoms with van der Waals surface area (Å²) < 4.78 is 0. The lowest BCUT2D eigenvalue weighted by Gasteiger charge is -2.15. The third-order valence-corrected chi connectivity index (χ3v) is 3.58. The van der Waals surface area contributed by atoms with Gasteiger partial charge < -0.3 is 9.88 Å². The maximum atomic E-state index is 12.3. The van der Waals surface area contributed by atoms with Crippen molar-refractivity contribution in [1.29, 1.82) is 0 Å². The zero-order valence-electron chi connectivity index (χ0n) is 11.6. The van der Waals surface area contributed by atoms with Crippen molar-refractivity contribution in [3.8, 4) is 0 Å². The van der Waals surface area contributed by atoms with Gasteiger partial charge in [0.2, 0.25) is 0 Å². The molecule has 2 aromatic rings. The number of likely N-dealkylation sites (tertiary alicyclic amines) is 1.